The summed E-state index contributed by atoms with van der Waals surface area (Å²) >= 11 is 0. The molecule has 1 rings (SSSR count). The molecule has 0 fully saturated rings. The van der Waals surface area contributed by atoms with Crippen molar-refractivity contribution in [3.8, 4) is 0 Å². The Morgan fingerprint density at radius 1 is 1.58 bits per heavy atom. The van der Waals surface area contributed by atoms with Crippen LogP contribution in [0.15, 0.2) is 24.0 Å². The van der Waals surface area contributed by atoms with Gasteiger partial charge in [-0.15, -0.1) is 0 Å². The van der Waals surface area contributed by atoms with Crippen LogP contribution >= 0.6 is 0 Å². The van der Waals surface area contributed by atoms with Crippen LogP contribution in [0.4, 0.5) is 0 Å². The van der Waals surface area contributed by atoms with E-state index < -0.39 is 0 Å². The molecule has 0 aromatic rings. The molecule has 3 nitrogen and oxygen atoms in total. The smallest absolute Gasteiger partial charge is 0.119 e. The largest absolute Gasteiger partial charge is 0.508 e. The topological polar surface area (TPSA) is 49.7 Å². The van der Waals surface area contributed by atoms with E-state index in [1.54, 1.807) is 0 Å². The molecule has 0 bridgehead atoms. The van der Waals surface area contributed by atoms with E-state index in [2.05, 4.69) is 6.58 Å². The van der Waals surface area contributed by atoms with E-state index in [-0.39, 0.29) is 107 Å². The van der Waals surface area contributed by atoms with Gasteiger partial charge in [0.05, 0.1) is 13.2 Å². The van der Waals surface area contributed by atoms with Crippen LogP contribution in [0.1, 0.15) is 0 Å². The van der Waals surface area contributed by atoms with Gasteiger partial charge in [0, 0.05) is 93.7 Å². The van der Waals surface area contributed by atoms with Gasteiger partial charge >= 0.3 is 0 Å². The fourth-order valence-corrected chi connectivity index (χ4v) is 0.729. The zero-order valence-corrected chi connectivity index (χ0v) is 16.2. The molecule has 5 heteroatoms. The second-order valence-corrected chi connectivity index (χ2v) is 2.19. The fourth-order valence-electron chi connectivity index (χ4n) is 0.729. The number of rotatable bonds is 1. The molecule has 1 heterocycles. The van der Waals surface area contributed by atoms with E-state index in [4.69, 9.17) is 14.9 Å². The van der Waals surface area contributed by atoms with Crippen LogP contribution < -0.4 is 0 Å². The number of ether oxygens (including phenoxy) is 1. The molecule has 12 heavy (non-hydrogen) atoms. The third-order valence-corrected chi connectivity index (χ3v) is 1.36. The minimum atomic E-state index is -0.370. The summed E-state index contributed by atoms with van der Waals surface area (Å²) in [6.07, 6.45) is 1.08. The van der Waals surface area contributed by atoms with Crippen molar-refractivity contribution in [1.82, 2.24) is 0 Å². The zero-order valence-electron chi connectivity index (χ0n) is 6.73. The third-order valence-electron chi connectivity index (χ3n) is 1.36. The van der Waals surface area contributed by atoms with Crippen LogP contribution in [-0.4, -0.2) is 29.5 Å². The van der Waals surface area contributed by atoms with Crippen molar-refractivity contribution < 1.29 is 103 Å². The molecule has 0 saturated carbocycles. The Kier molecular flexibility index (Phi) is 11.6. The van der Waals surface area contributed by atoms with Gasteiger partial charge in [-0.3, -0.25) is 0 Å². The molecule has 2 radical (unpaired) electrons. The Morgan fingerprint density at radius 2 is 2.17 bits per heavy atom. The van der Waals surface area contributed by atoms with E-state index in [0.717, 1.165) is 0 Å². The fraction of sp³-hybridized carbons (Fsp3) is 0.429. The van der Waals surface area contributed by atoms with Gasteiger partial charge in [-0.1, -0.05) is 6.58 Å². The van der Waals surface area contributed by atoms with Gasteiger partial charge in [0.1, 0.15) is 11.9 Å². The van der Waals surface area contributed by atoms with Crippen LogP contribution in [0.5, 0.6) is 0 Å². The summed E-state index contributed by atoms with van der Waals surface area (Å²) in [4.78, 5) is 0. The summed E-state index contributed by atoms with van der Waals surface area (Å²) in [5.41, 5.74) is 0.560. The first kappa shape index (κ1) is 16.5. The molecule has 1 aliphatic rings. The summed E-state index contributed by atoms with van der Waals surface area (Å²) in [6.45, 7) is 3.74. The summed E-state index contributed by atoms with van der Waals surface area (Å²) in [7, 11) is 0. The number of hydrogen-bond acceptors (Lipinski definition) is 3. The van der Waals surface area contributed by atoms with Crippen molar-refractivity contribution in [3.05, 3.63) is 24.0 Å². The number of aliphatic hydroxyl groups is 2. The van der Waals surface area contributed by atoms with E-state index in [1.165, 1.54) is 6.08 Å². The third kappa shape index (κ3) is 5.09. The molecule has 0 aromatic carbocycles. The summed E-state index contributed by atoms with van der Waals surface area (Å²) in [5.74, 6) is 0.130. The molecule has 0 aliphatic carbocycles. The summed E-state index contributed by atoms with van der Waals surface area (Å²) in [5, 5.41) is 17.6. The Hall–Kier alpha value is 2.08. The maximum absolute atomic E-state index is 9.05. The molecule has 0 spiro atoms. The van der Waals surface area contributed by atoms with Gasteiger partial charge in [0.15, 0.2) is 0 Å². The Bertz CT molecular complexity index is 179. The Labute approximate surface area is 143 Å². The van der Waals surface area contributed by atoms with E-state index >= 15 is 0 Å². The van der Waals surface area contributed by atoms with Crippen molar-refractivity contribution in [2.24, 2.45) is 0 Å². The normalized spacial score (nSPS) is 21.9. The molecule has 1 aliphatic heterocycles. The summed E-state index contributed by atoms with van der Waals surface area (Å²) in [6, 6.07) is 0. The Balaban J connectivity index is 0. The first-order chi connectivity index (χ1) is 4.74. The molecule has 62 valence electrons. The van der Waals surface area contributed by atoms with Gasteiger partial charge in [-0.05, 0) is 6.08 Å². The molecular formula is C7H10Ac2O3. The molecule has 0 saturated heterocycles. The maximum atomic E-state index is 9.05. The molecular weight excluding hydrogens is 586 g/mol. The van der Waals surface area contributed by atoms with Gasteiger partial charge in [0.2, 0.25) is 0 Å². The van der Waals surface area contributed by atoms with Crippen molar-refractivity contribution in [1.29, 1.82) is 0 Å². The maximum Gasteiger partial charge on any atom is 0.119 e. The van der Waals surface area contributed by atoms with Crippen LogP contribution in [0, 0.1) is 88.1 Å². The Morgan fingerprint density at radius 3 is 2.58 bits per heavy atom. The molecule has 0 amide bonds. The van der Waals surface area contributed by atoms with E-state index in [0.29, 0.717) is 12.2 Å². The van der Waals surface area contributed by atoms with Gasteiger partial charge in [-0.2, -0.15) is 0 Å². The van der Waals surface area contributed by atoms with E-state index in [1.807, 2.05) is 0 Å². The SMILES string of the molecule is C=C1COC(CO)C=C1O.[Ac].[Ac]. The van der Waals surface area contributed by atoms with Crippen molar-refractivity contribution in [3.63, 3.8) is 0 Å². The van der Waals surface area contributed by atoms with Gasteiger partial charge < -0.3 is 14.9 Å². The number of aliphatic hydroxyl groups excluding tert-OH is 2. The zero-order chi connectivity index (χ0) is 7.56. The second-order valence-electron chi connectivity index (χ2n) is 2.19. The minimum absolute atomic E-state index is 0. The number of hydrogen-bond donors (Lipinski definition) is 2. The van der Waals surface area contributed by atoms with Gasteiger partial charge in [0.25, 0.3) is 0 Å². The monoisotopic (exact) mass is 596 g/mol. The molecule has 1 atom stereocenters. The summed E-state index contributed by atoms with van der Waals surface area (Å²) < 4.78 is 5.02. The predicted molar refractivity (Wildman–Crippen MR) is 36.7 cm³/mol. The van der Waals surface area contributed by atoms with Crippen molar-refractivity contribution in [2.75, 3.05) is 13.2 Å². The average molecular weight is 596 g/mol. The second kappa shape index (κ2) is 8.40. The molecule has 0 aromatic heterocycles. The van der Waals surface area contributed by atoms with Crippen LogP contribution in [0.25, 0.3) is 0 Å². The van der Waals surface area contributed by atoms with Gasteiger partial charge in [-0.25, -0.2) is 0 Å². The van der Waals surface area contributed by atoms with E-state index in [9.17, 15) is 0 Å². The quantitative estimate of drug-likeness (QED) is 0.461. The minimum Gasteiger partial charge on any atom is -0.508 e. The van der Waals surface area contributed by atoms with Crippen molar-refractivity contribution in [2.45, 2.75) is 6.10 Å². The predicted octanol–water partition coefficient (Wildman–Crippen LogP) is 0.376. The van der Waals surface area contributed by atoms with Crippen LogP contribution in [-0.2, 0) is 4.74 Å². The molecule has 1 unspecified atom stereocenters. The van der Waals surface area contributed by atoms with Crippen LogP contribution in [0.3, 0.4) is 0 Å². The first-order valence-electron chi connectivity index (χ1n) is 3.05. The molecule has 2 N–H and O–H groups in total. The average Bonchev–Trinajstić information content (AvgIpc) is 1.95. The first-order valence-corrected chi connectivity index (χ1v) is 3.05. The van der Waals surface area contributed by atoms with Crippen LogP contribution in [0.2, 0.25) is 0 Å². The van der Waals surface area contributed by atoms with Crippen molar-refractivity contribution >= 4 is 0 Å². The standard InChI is InChI=1S/C7H10O3.2Ac/c1-5-4-10-6(3-8)2-7(5)9;;/h2,6,8-9H,1,3-4H2;;.